The van der Waals surface area contributed by atoms with Crippen LogP contribution in [0.4, 0.5) is 10.8 Å². The van der Waals surface area contributed by atoms with E-state index in [2.05, 4.69) is 15.5 Å². The average molecular weight is 447 g/mol. The van der Waals surface area contributed by atoms with Crippen molar-refractivity contribution in [1.82, 2.24) is 10.2 Å². The van der Waals surface area contributed by atoms with Crippen molar-refractivity contribution in [3.8, 4) is 0 Å². The number of rotatable bonds is 4. The first-order valence-corrected chi connectivity index (χ1v) is 10.4. The van der Waals surface area contributed by atoms with Gasteiger partial charge in [-0.2, -0.15) is 0 Å². The number of anilines is 2. The van der Waals surface area contributed by atoms with Gasteiger partial charge in [0.1, 0.15) is 5.01 Å². The number of aromatic nitrogens is 2. The van der Waals surface area contributed by atoms with Gasteiger partial charge in [0.15, 0.2) is 0 Å². The van der Waals surface area contributed by atoms with Crippen LogP contribution < -0.4 is 10.2 Å². The molecule has 1 atom stereocenters. The quantitative estimate of drug-likeness (QED) is 0.616. The molecule has 0 saturated carbocycles. The molecule has 9 heteroatoms. The van der Waals surface area contributed by atoms with Gasteiger partial charge in [-0.1, -0.05) is 52.2 Å². The third-order valence-electron chi connectivity index (χ3n) is 4.66. The number of nitrogens with one attached hydrogen (secondary N) is 1. The Morgan fingerprint density at radius 1 is 1.14 bits per heavy atom. The number of hydrogen-bond acceptors (Lipinski definition) is 5. The second-order valence-electron chi connectivity index (χ2n) is 6.77. The zero-order valence-corrected chi connectivity index (χ0v) is 17.7. The lowest BCUT2D eigenvalue weighted by atomic mass is 10.1. The van der Waals surface area contributed by atoms with Gasteiger partial charge in [0, 0.05) is 30.1 Å². The number of amides is 2. The highest BCUT2D eigenvalue weighted by atomic mass is 35.5. The van der Waals surface area contributed by atoms with Crippen LogP contribution in [0.25, 0.3) is 0 Å². The van der Waals surface area contributed by atoms with Gasteiger partial charge in [0.05, 0.1) is 10.0 Å². The van der Waals surface area contributed by atoms with Crippen LogP contribution in [0.1, 0.15) is 33.3 Å². The van der Waals surface area contributed by atoms with Crippen molar-refractivity contribution in [2.75, 3.05) is 16.8 Å². The lowest BCUT2D eigenvalue weighted by Crippen LogP contribution is -2.24. The molecule has 4 rings (SSSR count). The topological polar surface area (TPSA) is 75.2 Å². The van der Waals surface area contributed by atoms with Crippen molar-refractivity contribution >= 4 is 57.2 Å². The normalized spacial score (nSPS) is 16.3. The van der Waals surface area contributed by atoms with Crippen molar-refractivity contribution in [1.29, 1.82) is 0 Å². The van der Waals surface area contributed by atoms with Crippen LogP contribution in [-0.4, -0.2) is 28.6 Å². The van der Waals surface area contributed by atoms with Crippen LogP contribution >= 0.6 is 34.5 Å². The molecular weight excluding hydrogens is 431 g/mol. The number of carbonyl (C=O) groups excluding carboxylic acids is 2. The number of hydrogen-bond donors (Lipinski definition) is 1. The minimum absolute atomic E-state index is 0.0513. The number of carbonyl (C=O) groups is 2. The average Bonchev–Trinajstić information content (AvgIpc) is 3.31. The van der Waals surface area contributed by atoms with Gasteiger partial charge >= 0.3 is 0 Å². The van der Waals surface area contributed by atoms with Gasteiger partial charge in [-0.3, -0.25) is 14.9 Å². The van der Waals surface area contributed by atoms with E-state index in [0.717, 1.165) is 16.3 Å². The monoisotopic (exact) mass is 446 g/mol. The van der Waals surface area contributed by atoms with E-state index in [1.807, 2.05) is 31.2 Å². The molecule has 3 aromatic rings. The maximum atomic E-state index is 12.5. The highest BCUT2D eigenvalue weighted by Gasteiger charge is 2.34. The number of benzene rings is 2. The zero-order valence-electron chi connectivity index (χ0n) is 15.4. The van der Waals surface area contributed by atoms with Gasteiger partial charge in [-0.15, -0.1) is 10.2 Å². The summed E-state index contributed by atoms with van der Waals surface area (Å²) in [5.74, 6) is -0.359. The van der Waals surface area contributed by atoms with Crippen molar-refractivity contribution in [2.24, 2.45) is 0 Å². The molecule has 0 bridgehead atoms. The fraction of sp³-hybridized carbons (Fsp3) is 0.200. The summed E-state index contributed by atoms with van der Waals surface area (Å²) in [5, 5.41) is 12.7. The summed E-state index contributed by atoms with van der Waals surface area (Å²) in [6.45, 7) is 2.55. The summed E-state index contributed by atoms with van der Waals surface area (Å²) in [5.41, 5.74) is 2.39. The predicted octanol–water partition coefficient (Wildman–Crippen LogP) is 4.93. The summed E-state index contributed by atoms with van der Waals surface area (Å²) in [6.07, 6.45) is 0.364. The molecule has 1 aromatic heterocycles. The summed E-state index contributed by atoms with van der Waals surface area (Å²) < 4.78 is 0. The maximum Gasteiger partial charge on any atom is 0.257 e. The summed E-state index contributed by atoms with van der Waals surface area (Å²) in [4.78, 5) is 26.6. The Morgan fingerprint density at radius 2 is 1.90 bits per heavy atom. The largest absolute Gasteiger partial charge is 0.312 e. The smallest absolute Gasteiger partial charge is 0.257 e. The second kappa shape index (κ2) is 8.10. The number of aryl methyl sites for hydroxylation is 1. The Labute approximate surface area is 181 Å². The Kier molecular flexibility index (Phi) is 5.54. The predicted molar refractivity (Wildman–Crippen MR) is 115 cm³/mol. The molecule has 1 N–H and O–H groups in total. The van der Waals surface area contributed by atoms with Crippen LogP contribution in [0.5, 0.6) is 0 Å². The first kappa shape index (κ1) is 19.8. The molecule has 2 amide bonds. The highest BCUT2D eigenvalue weighted by molar-refractivity contribution is 7.15. The number of halogens is 2. The Hall–Kier alpha value is -2.48. The van der Waals surface area contributed by atoms with Crippen LogP contribution in [0, 0.1) is 6.92 Å². The summed E-state index contributed by atoms with van der Waals surface area (Å²) in [7, 11) is 0. The molecule has 1 saturated heterocycles. The van der Waals surface area contributed by atoms with E-state index >= 15 is 0 Å². The SMILES string of the molecule is Cc1ccc(N2CC(c3nnc(NC(=O)c4ccc(Cl)c(Cl)c4)s3)CC2=O)cc1. The molecule has 1 aliphatic heterocycles. The van der Waals surface area contributed by atoms with Crippen LogP contribution in [-0.2, 0) is 4.79 Å². The standard InChI is InChI=1S/C20H16Cl2N4O2S/c1-11-2-5-14(6-3-11)26-10-13(9-17(26)27)19-24-25-20(29-19)23-18(28)12-4-7-15(21)16(22)8-12/h2-8,13H,9-10H2,1H3,(H,23,25,28). The summed E-state index contributed by atoms with van der Waals surface area (Å²) >= 11 is 13.1. The van der Waals surface area contributed by atoms with E-state index in [4.69, 9.17) is 23.2 Å². The molecule has 2 aromatic carbocycles. The molecule has 29 heavy (non-hydrogen) atoms. The Balaban J connectivity index is 1.45. The van der Waals surface area contributed by atoms with Crippen LogP contribution in [0.2, 0.25) is 10.0 Å². The maximum absolute atomic E-state index is 12.5. The van der Waals surface area contributed by atoms with Crippen molar-refractivity contribution in [3.05, 3.63) is 68.6 Å². The Bertz CT molecular complexity index is 1080. The highest BCUT2D eigenvalue weighted by Crippen LogP contribution is 2.34. The number of nitrogens with zero attached hydrogens (tertiary/aromatic N) is 3. The fourth-order valence-corrected chi connectivity index (χ4v) is 4.23. The Morgan fingerprint density at radius 3 is 2.62 bits per heavy atom. The minimum atomic E-state index is -0.352. The van der Waals surface area contributed by atoms with E-state index in [1.165, 1.54) is 17.4 Å². The summed E-state index contributed by atoms with van der Waals surface area (Å²) in [6, 6.07) is 12.5. The van der Waals surface area contributed by atoms with E-state index < -0.39 is 0 Å². The van der Waals surface area contributed by atoms with Gasteiger partial charge in [-0.25, -0.2) is 0 Å². The molecule has 1 fully saturated rings. The van der Waals surface area contributed by atoms with Gasteiger partial charge in [-0.05, 0) is 37.3 Å². The van der Waals surface area contributed by atoms with Crippen LogP contribution in [0.15, 0.2) is 42.5 Å². The third kappa shape index (κ3) is 4.27. The van der Waals surface area contributed by atoms with E-state index in [-0.39, 0.29) is 17.7 Å². The fourth-order valence-electron chi connectivity index (χ4n) is 3.10. The van der Waals surface area contributed by atoms with Gasteiger partial charge in [0.25, 0.3) is 5.91 Å². The van der Waals surface area contributed by atoms with E-state index in [1.54, 1.807) is 17.0 Å². The minimum Gasteiger partial charge on any atom is -0.312 e. The molecule has 0 spiro atoms. The van der Waals surface area contributed by atoms with Crippen molar-refractivity contribution in [3.63, 3.8) is 0 Å². The third-order valence-corrected chi connectivity index (χ3v) is 6.40. The second-order valence-corrected chi connectivity index (χ2v) is 8.59. The van der Waals surface area contributed by atoms with E-state index in [0.29, 0.717) is 33.7 Å². The lowest BCUT2D eigenvalue weighted by molar-refractivity contribution is -0.117. The zero-order chi connectivity index (χ0) is 20.5. The molecule has 148 valence electrons. The van der Waals surface area contributed by atoms with E-state index in [9.17, 15) is 9.59 Å². The molecular formula is C20H16Cl2N4O2S. The lowest BCUT2D eigenvalue weighted by Gasteiger charge is -2.16. The van der Waals surface area contributed by atoms with Gasteiger partial charge in [0.2, 0.25) is 11.0 Å². The molecule has 1 unspecified atom stereocenters. The van der Waals surface area contributed by atoms with Gasteiger partial charge < -0.3 is 4.90 Å². The van der Waals surface area contributed by atoms with Crippen LogP contribution in [0.3, 0.4) is 0 Å². The van der Waals surface area contributed by atoms with Crippen molar-refractivity contribution in [2.45, 2.75) is 19.3 Å². The molecule has 2 heterocycles. The molecule has 1 aliphatic rings. The molecule has 0 aliphatic carbocycles. The first-order chi connectivity index (χ1) is 13.9. The van der Waals surface area contributed by atoms with Crippen molar-refractivity contribution < 1.29 is 9.59 Å². The molecule has 6 nitrogen and oxygen atoms in total. The molecule has 0 radical (unpaired) electrons. The first-order valence-electron chi connectivity index (χ1n) is 8.87.